The van der Waals surface area contributed by atoms with E-state index in [4.69, 9.17) is 21.2 Å². The molecule has 168 valence electrons. The van der Waals surface area contributed by atoms with Crippen LogP contribution in [0.25, 0.3) is 0 Å². The van der Waals surface area contributed by atoms with Gasteiger partial charge in [-0.2, -0.15) is 0 Å². The van der Waals surface area contributed by atoms with Crippen molar-refractivity contribution in [3.8, 4) is 0 Å². The summed E-state index contributed by atoms with van der Waals surface area (Å²) in [5.41, 5.74) is 1.18. The number of anilines is 1. The van der Waals surface area contributed by atoms with Gasteiger partial charge in [0.05, 0.1) is 23.8 Å². The summed E-state index contributed by atoms with van der Waals surface area (Å²) in [6, 6.07) is 7.46. The molecule has 2 heterocycles. The predicted molar refractivity (Wildman–Crippen MR) is 119 cm³/mol. The Bertz CT molecular complexity index is 998. The highest BCUT2D eigenvalue weighted by atomic mass is 35.5. The summed E-state index contributed by atoms with van der Waals surface area (Å²) in [4.78, 5) is 37.1. The number of nitrogens with one attached hydrogen (secondary N) is 1. The Hall–Kier alpha value is -2.74. The third-order valence-corrected chi connectivity index (χ3v) is 5.26. The zero-order chi connectivity index (χ0) is 22.8. The predicted octanol–water partition coefficient (Wildman–Crippen LogP) is 3.81. The van der Waals surface area contributed by atoms with Gasteiger partial charge >= 0.3 is 6.09 Å². The van der Waals surface area contributed by atoms with Crippen LogP contribution in [0.1, 0.15) is 57.0 Å². The molecule has 0 spiro atoms. The Kier molecular flexibility index (Phi) is 6.79. The quantitative estimate of drug-likeness (QED) is 0.748. The lowest BCUT2D eigenvalue weighted by molar-refractivity contribution is 0.0219. The van der Waals surface area contributed by atoms with Gasteiger partial charge in [0.2, 0.25) is 5.95 Å². The first kappa shape index (κ1) is 22.9. The van der Waals surface area contributed by atoms with Crippen LogP contribution in [0.5, 0.6) is 0 Å². The number of ether oxygens (including phenoxy) is 1. The molecule has 8 nitrogen and oxygen atoms in total. The zero-order valence-electron chi connectivity index (χ0n) is 18.6. The van der Waals surface area contributed by atoms with Crippen LogP contribution in [0.15, 0.2) is 29.1 Å². The SMILES string of the molecule is CCC(Nc1nc2c(c(=O)n1OC)CN(C(=O)OC(C)(C)C)CC2)c1ccc(Cl)cc1. The van der Waals surface area contributed by atoms with E-state index in [1.807, 2.05) is 52.0 Å². The van der Waals surface area contributed by atoms with Crippen molar-refractivity contribution in [2.45, 2.75) is 58.7 Å². The van der Waals surface area contributed by atoms with Gasteiger partial charge in [0.1, 0.15) is 12.7 Å². The largest absolute Gasteiger partial charge is 0.444 e. The number of carbonyl (C=O) groups excluding carboxylic acids is 1. The highest BCUT2D eigenvalue weighted by molar-refractivity contribution is 6.30. The third kappa shape index (κ3) is 5.31. The van der Waals surface area contributed by atoms with Crippen LogP contribution in [0.4, 0.5) is 10.7 Å². The molecule has 0 radical (unpaired) electrons. The van der Waals surface area contributed by atoms with Crippen LogP contribution < -0.4 is 15.7 Å². The maximum atomic E-state index is 13.1. The van der Waals surface area contributed by atoms with Crippen molar-refractivity contribution in [3.05, 3.63) is 56.5 Å². The summed E-state index contributed by atoms with van der Waals surface area (Å²) < 4.78 is 6.58. The summed E-state index contributed by atoms with van der Waals surface area (Å²) in [6.07, 6.45) is 0.781. The minimum atomic E-state index is -0.604. The van der Waals surface area contributed by atoms with Crippen LogP contribution in [0.2, 0.25) is 5.02 Å². The number of hydrogen-bond acceptors (Lipinski definition) is 6. The number of aromatic nitrogens is 2. The highest BCUT2D eigenvalue weighted by Gasteiger charge is 2.30. The average Bonchev–Trinajstić information content (AvgIpc) is 2.71. The lowest BCUT2D eigenvalue weighted by Gasteiger charge is -2.31. The molecule has 1 aromatic heterocycles. The van der Waals surface area contributed by atoms with E-state index < -0.39 is 11.7 Å². The summed E-state index contributed by atoms with van der Waals surface area (Å²) in [6.45, 7) is 8.03. The fourth-order valence-corrected chi connectivity index (χ4v) is 3.60. The summed E-state index contributed by atoms with van der Waals surface area (Å²) >= 11 is 6.00. The van der Waals surface area contributed by atoms with Gasteiger partial charge in [-0.15, -0.1) is 4.73 Å². The van der Waals surface area contributed by atoms with E-state index >= 15 is 0 Å². The average molecular weight is 449 g/mol. The number of rotatable bonds is 5. The summed E-state index contributed by atoms with van der Waals surface area (Å²) in [5.74, 6) is 0.332. The normalized spacial score (nSPS) is 14.6. The fraction of sp³-hybridized carbons (Fsp3) is 0.500. The van der Waals surface area contributed by atoms with Gasteiger partial charge in [0.15, 0.2) is 0 Å². The second kappa shape index (κ2) is 9.18. The number of benzene rings is 1. The second-order valence-corrected chi connectivity index (χ2v) is 8.89. The first-order valence-corrected chi connectivity index (χ1v) is 10.7. The standard InChI is InChI=1S/C22H29ClN4O4/c1-6-17(14-7-9-15(23)10-8-14)24-20-25-18-11-12-26(21(29)31-22(2,3)4)13-16(18)19(28)27(20)30-5/h7-10,17H,6,11-13H2,1-5H3,(H,24,25). The Morgan fingerprint density at radius 1 is 1.29 bits per heavy atom. The van der Waals surface area contributed by atoms with E-state index in [1.54, 1.807) is 0 Å². The highest BCUT2D eigenvalue weighted by Crippen LogP contribution is 2.24. The molecule has 1 atom stereocenters. The zero-order valence-corrected chi connectivity index (χ0v) is 19.3. The van der Waals surface area contributed by atoms with Crippen molar-refractivity contribution >= 4 is 23.6 Å². The molecule has 31 heavy (non-hydrogen) atoms. The van der Waals surface area contributed by atoms with Gasteiger partial charge in [-0.25, -0.2) is 9.78 Å². The lowest BCUT2D eigenvalue weighted by atomic mass is 10.0. The van der Waals surface area contributed by atoms with E-state index in [0.29, 0.717) is 35.2 Å². The molecular weight excluding hydrogens is 420 g/mol. The first-order valence-electron chi connectivity index (χ1n) is 10.3. The molecule has 1 aromatic carbocycles. The topological polar surface area (TPSA) is 85.7 Å². The molecule has 1 N–H and O–H groups in total. The molecular formula is C22H29ClN4O4. The number of hydrogen-bond donors (Lipinski definition) is 1. The van der Waals surface area contributed by atoms with Gasteiger partial charge in [-0.05, 0) is 44.9 Å². The minimum Gasteiger partial charge on any atom is -0.444 e. The van der Waals surface area contributed by atoms with E-state index in [9.17, 15) is 9.59 Å². The Morgan fingerprint density at radius 2 is 1.97 bits per heavy atom. The molecule has 1 unspecified atom stereocenters. The maximum absolute atomic E-state index is 13.1. The van der Waals surface area contributed by atoms with Crippen LogP contribution >= 0.6 is 11.6 Å². The van der Waals surface area contributed by atoms with Crippen molar-refractivity contribution in [2.24, 2.45) is 0 Å². The maximum Gasteiger partial charge on any atom is 0.410 e. The number of amides is 1. The van der Waals surface area contributed by atoms with Crippen molar-refractivity contribution in [1.29, 1.82) is 0 Å². The number of carbonyl (C=O) groups is 1. The van der Waals surface area contributed by atoms with E-state index in [0.717, 1.165) is 16.7 Å². The van der Waals surface area contributed by atoms with Crippen molar-refractivity contribution in [2.75, 3.05) is 19.0 Å². The van der Waals surface area contributed by atoms with E-state index in [2.05, 4.69) is 10.3 Å². The molecule has 3 rings (SSSR count). The fourth-order valence-electron chi connectivity index (χ4n) is 3.47. The number of fused-ring (bicyclic) bond motifs is 1. The van der Waals surface area contributed by atoms with Gasteiger partial charge in [0, 0.05) is 18.0 Å². The summed E-state index contributed by atoms with van der Waals surface area (Å²) in [7, 11) is 1.42. The van der Waals surface area contributed by atoms with Crippen LogP contribution in [0.3, 0.4) is 0 Å². The molecule has 0 bridgehead atoms. The molecule has 0 saturated carbocycles. The van der Waals surface area contributed by atoms with Crippen molar-refractivity contribution in [1.82, 2.24) is 14.6 Å². The molecule has 2 aromatic rings. The molecule has 0 saturated heterocycles. The van der Waals surface area contributed by atoms with E-state index in [-0.39, 0.29) is 18.1 Å². The Balaban J connectivity index is 1.89. The van der Waals surface area contributed by atoms with E-state index in [1.165, 1.54) is 12.0 Å². The smallest absolute Gasteiger partial charge is 0.410 e. The Morgan fingerprint density at radius 3 is 2.55 bits per heavy atom. The van der Waals surface area contributed by atoms with Crippen LogP contribution in [0, 0.1) is 0 Å². The molecule has 0 aliphatic carbocycles. The third-order valence-electron chi connectivity index (χ3n) is 5.01. The van der Waals surface area contributed by atoms with Gasteiger partial charge in [-0.3, -0.25) is 4.79 Å². The van der Waals surface area contributed by atoms with Gasteiger partial charge in [0.25, 0.3) is 5.56 Å². The molecule has 9 heteroatoms. The summed E-state index contributed by atoms with van der Waals surface area (Å²) in [5, 5.41) is 3.98. The number of halogens is 1. The van der Waals surface area contributed by atoms with Crippen molar-refractivity contribution in [3.63, 3.8) is 0 Å². The minimum absolute atomic E-state index is 0.0783. The molecule has 1 aliphatic rings. The second-order valence-electron chi connectivity index (χ2n) is 8.45. The lowest BCUT2D eigenvalue weighted by Crippen LogP contribution is -2.44. The molecule has 0 fully saturated rings. The van der Waals surface area contributed by atoms with Gasteiger partial charge < -0.3 is 19.8 Å². The molecule has 1 amide bonds. The van der Waals surface area contributed by atoms with Gasteiger partial charge in [-0.1, -0.05) is 30.7 Å². The Labute approximate surface area is 187 Å². The number of nitrogens with zero attached hydrogens (tertiary/aromatic N) is 3. The van der Waals surface area contributed by atoms with Crippen molar-refractivity contribution < 1.29 is 14.4 Å². The monoisotopic (exact) mass is 448 g/mol. The molecule has 1 aliphatic heterocycles. The first-order chi connectivity index (χ1) is 14.6. The van der Waals surface area contributed by atoms with Crippen LogP contribution in [-0.2, 0) is 17.7 Å². The van der Waals surface area contributed by atoms with Crippen LogP contribution in [-0.4, -0.2) is 40.0 Å².